The number of hydrogen-bond donors (Lipinski definition) is 0. The smallest absolute Gasteiger partial charge is 0.125 e. The van der Waals surface area contributed by atoms with Crippen molar-refractivity contribution in [1.82, 2.24) is 9.88 Å². The number of para-hydroxylation sites is 1. The predicted molar refractivity (Wildman–Crippen MR) is 99.9 cm³/mol. The van der Waals surface area contributed by atoms with E-state index < -0.39 is 0 Å². The molecular formula is C22H26N2O2. The maximum Gasteiger partial charge on any atom is 0.125 e. The number of benzene rings is 1. The molecule has 2 fully saturated rings. The lowest BCUT2D eigenvalue weighted by atomic mass is 9.64. The molecule has 2 aromatic rings. The third kappa shape index (κ3) is 2.63. The zero-order valence-corrected chi connectivity index (χ0v) is 15.5. The van der Waals surface area contributed by atoms with Gasteiger partial charge in [0, 0.05) is 42.7 Å². The summed E-state index contributed by atoms with van der Waals surface area (Å²) in [4.78, 5) is 6.94. The first-order chi connectivity index (χ1) is 12.5. The fourth-order valence-electron chi connectivity index (χ4n) is 5.05. The second-order valence-electron chi connectivity index (χ2n) is 8.75. The molecule has 0 N–H and O–H groups in total. The first-order valence-corrected chi connectivity index (χ1v) is 9.57. The molecule has 0 aliphatic carbocycles. The number of likely N-dealkylation sites (tertiary alicyclic amines) is 1. The van der Waals surface area contributed by atoms with Gasteiger partial charge in [0.2, 0.25) is 0 Å². The van der Waals surface area contributed by atoms with Crippen molar-refractivity contribution in [2.24, 2.45) is 11.3 Å². The third-order valence-corrected chi connectivity index (χ3v) is 6.31. The SMILES string of the molecule is CC1(C)Oc2ccccc2[C@H]2OCC3(C[C@@H]21)CN(Cc1ccccn1)C3. The molecule has 3 aliphatic heterocycles. The van der Waals surface area contributed by atoms with Crippen LogP contribution in [0.3, 0.4) is 0 Å². The fourth-order valence-corrected chi connectivity index (χ4v) is 5.05. The minimum Gasteiger partial charge on any atom is -0.487 e. The van der Waals surface area contributed by atoms with Crippen molar-refractivity contribution in [2.45, 2.75) is 38.5 Å². The lowest BCUT2D eigenvalue weighted by molar-refractivity contribution is -0.200. The summed E-state index contributed by atoms with van der Waals surface area (Å²) in [6.07, 6.45) is 3.20. The molecule has 4 heterocycles. The number of pyridine rings is 1. The van der Waals surface area contributed by atoms with Crippen molar-refractivity contribution >= 4 is 0 Å². The van der Waals surface area contributed by atoms with Crippen LogP contribution in [0.2, 0.25) is 0 Å². The average molecular weight is 350 g/mol. The van der Waals surface area contributed by atoms with E-state index >= 15 is 0 Å². The van der Waals surface area contributed by atoms with Crippen LogP contribution >= 0.6 is 0 Å². The summed E-state index contributed by atoms with van der Waals surface area (Å²) in [5.74, 6) is 1.38. The lowest BCUT2D eigenvalue weighted by Crippen LogP contribution is -2.63. The third-order valence-electron chi connectivity index (χ3n) is 6.31. The highest BCUT2D eigenvalue weighted by atomic mass is 16.5. The molecule has 26 heavy (non-hydrogen) atoms. The molecule has 2 atom stereocenters. The summed E-state index contributed by atoms with van der Waals surface area (Å²) in [6.45, 7) is 8.38. The molecule has 0 unspecified atom stereocenters. The van der Waals surface area contributed by atoms with Crippen LogP contribution in [0.15, 0.2) is 48.7 Å². The maximum absolute atomic E-state index is 6.48. The van der Waals surface area contributed by atoms with E-state index in [1.54, 1.807) is 0 Å². The lowest BCUT2D eigenvalue weighted by Gasteiger charge is -2.58. The van der Waals surface area contributed by atoms with Gasteiger partial charge in [-0.05, 0) is 38.5 Å². The number of rotatable bonds is 2. The van der Waals surface area contributed by atoms with Gasteiger partial charge in [-0.2, -0.15) is 0 Å². The minimum absolute atomic E-state index is 0.158. The minimum atomic E-state index is -0.201. The molecule has 4 heteroatoms. The van der Waals surface area contributed by atoms with Gasteiger partial charge in [-0.15, -0.1) is 0 Å². The van der Waals surface area contributed by atoms with Crippen LogP contribution < -0.4 is 4.74 Å². The predicted octanol–water partition coefficient (Wildman–Crippen LogP) is 3.83. The number of aromatic nitrogens is 1. The van der Waals surface area contributed by atoms with Crippen LogP contribution in [0, 0.1) is 11.3 Å². The van der Waals surface area contributed by atoms with E-state index in [9.17, 15) is 0 Å². The van der Waals surface area contributed by atoms with Gasteiger partial charge >= 0.3 is 0 Å². The zero-order chi connectivity index (χ0) is 17.8. The Morgan fingerprint density at radius 1 is 1.12 bits per heavy atom. The number of nitrogens with zero attached hydrogens (tertiary/aromatic N) is 2. The molecule has 136 valence electrons. The monoisotopic (exact) mass is 350 g/mol. The van der Waals surface area contributed by atoms with E-state index in [-0.39, 0.29) is 17.1 Å². The Bertz CT molecular complexity index is 799. The Morgan fingerprint density at radius 3 is 2.73 bits per heavy atom. The summed E-state index contributed by atoms with van der Waals surface area (Å²) >= 11 is 0. The quantitative estimate of drug-likeness (QED) is 0.824. The highest BCUT2D eigenvalue weighted by Crippen LogP contribution is 2.55. The molecular weight excluding hydrogens is 324 g/mol. The van der Waals surface area contributed by atoms with Crippen molar-refractivity contribution in [3.05, 3.63) is 59.9 Å². The van der Waals surface area contributed by atoms with E-state index in [1.165, 1.54) is 5.56 Å². The topological polar surface area (TPSA) is 34.6 Å². The number of fused-ring (bicyclic) bond motifs is 3. The first kappa shape index (κ1) is 16.3. The largest absolute Gasteiger partial charge is 0.487 e. The van der Waals surface area contributed by atoms with Crippen molar-refractivity contribution in [3.63, 3.8) is 0 Å². The van der Waals surface area contributed by atoms with E-state index in [4.69, 9.17) is 9.47 Å². The molecule has 1 aromatic heterocycles. The van der Waals surface area contributed by atoms with Crippen LogP contribution in [0.4, 0.5) is 0 Å². The van der Waals surface area contributed by atoms with Crippen molar-refractivity contribution in [1.29, 1.82) is 0 Å². The average Bonchev–Trinajstić information content (AvgIpc) is 2.61. The molecule has 0 bridgehead atoms. The van der Waals surface area contributed by atoms with Gasteiger partial charge in [0.25, 0.3) is 0 Å². The zero-order valence-electron chi connectivity index (χ0n) is 15.5. The molecule has 0 saturated carbocycles. The molecule has 3 aliphatic rings. The fraction of sp³-hybridized carbons (Fsp3) is 0.500. The highest BCUT2D eigenvalue weighted by molar-refractivity contribution is 5.39. The normalized spacial score (nSPS) is 28.5. The first-order valence-electron chi connectivity index (χ1n) is 9.57. The summed E-state index contributed by atoms with van der Waals surface area (Å²) < 4.78 is 12.8. The van der Waals surface area contributed by atoms with Crippen molar-refractivity contribution in [3.8, 4) is 5.75 Å². The summed E-state index contributed by atoms with van der Waals surface area (Å²) in [5, 5.41) is 0. The molecule has 0 radical (unpaired) electrons. The van der Waals surface area contributed by atoms with Crippen LogP contribution in [0.5, 0.6) is 5.75 Å². The molecule has 2 saturated heterocycles. The second kappa shape index (κ2) is 5.80. The van der Waals surface area contributed by atoms with Gasteiger partial charge in [-0.3, -0.25) is 9.88 Å². The summed E-state index contributed by atoms with van der Waals surface area (Å²) in [7, 11) is 0. The van der Waals surface area contributed by atoms with Crippen LogP contribution in [-0.4, -0.2) is 35.2 Å². The summed E-state index contributed by atoms with van der Waals surface area (Å²) in [6, 6.07) is 14.5. The van der Waals surface area contributed by atoms with E-state index in [0.29, 0.717) is 5.92 Å². The van der Waals surface area contributed by atoms with Crippen molar-refractivity contribution < 1.29 is 9.47 Å². The van der Waals surface area contributed by atoms with Gasteiger partial charge in [0.15, 0.2) is 0 Å². The molecule has 0 amide bonds. The van der Waals surface area contributed by atoms with Gasteiger partial charge in [-0.1, -0.05) is 24.3 Å². The van der Waals surface area contributed by atoms with Crippen LogP contribution in [0.25, 0.3) is 0 Å². The van der Waals surface area contributed by atoms with Gasteiger partial charge in [0.05, 0.1) is 18.4 Å². The van der Waals surface area contributed by atoms with Gasteiger partial charge in [0.1, 0.15) is 11.4 Å². The molecule has 5 rings (SSSR count). The van der Waals surface area contributed by atoms with Gasteiger partial charge in [-0.25, -0.2) is 0 Å². The number of ether oxygens (including phenoxy) is 2. The number of hydrogen-bond acceptors (Lipinski definition) is 4. The molecule has 4 nitrogen and oxygen atoms in total. The van der Waals surface area contributed by atoms with E-state index in [2.05, 4.69) is 54.1 Å². The molecule has 1 spiro atoms. The Balaban J connectivity index is 1.32. The second-order valence-corrected chi connectivity index (χ2v) is 8.75. The van der Waals surface area contributed by atoms with Gasteiger partial charge < -0.3 is 9.47 Å². The Labute approximate surface area is 155 Å². The highest BCUT2D eigenvalue weighted by Gasteiger charge is 2.55. The van der Waals surface area contributed by atoms with Crippen molar-refractivity contribution in [2.75, 3.05) is 19.7 Å². The Kier molecular flexibility index (Phi) is 3.63. The van der Waals surface area contributed by atoms with E-state index in [1.807, 2.05) is 18.3 Å². The maximum atomic E-state index is 6.48. The Hall–Kier alpha value is -1.91. The standard InChI is InChI=1S/C22H26N2O2/c1-21(2)18-11-22(13-24(14-22)12-16-7-5-6-10-23-16)15-25-20(18)17-8-3-4-9-19(17)26-21/h3-10,18,20H,11-15H2,1-2H3/t18-,20+/m0/s1. The Morgan fingerprint density at radius 2 is 1.92 bits per heavy atom. The van der Waals surface area contributed by atoms with E-state index in [0.717, 1.165) is 44.1 Å². The van der Waals surface area contributed by atoms with Crippen LogP contribution in [0.1, 0.15) is 37.6 Å². The summed E-state index contributed by atoms with van der Waals surface area (Å²) in [5.41, 5.74) is 2.43. The van der Waals surface area contributed by atoms with Crippen LogP contribution in [-0.2, 0) is 11.3 Å². The molecule has 1 aromatic carbocycles.